The van der Waals surface area contributed by atoms with Gasteiger partial charge in [0.25, 0.3) is 0 Å². The largest absolute Gasteiger partial charge is 0.506 e. The van der Waals surface area contributed by atoms with Crippen LogP contribution in [0.2, 0.25) is 5.02 Å². The fourth-order valence-electron chi connectivity index (χ4n) is 4.38. The summed E-state index contributed by atoms with van der Waals surface area (Å²) >= 11 is 6.21. The molecule has 0 saturated carbocycles. The quantitative estimate of drug-likeness (QED) is 0.549. The van der Waals surface area contributed by atoms with Crippen LogP contribution in [0.4, 0.5) is 10.1 Å². The van der Waals surface area contributed by atoms with Gasteiger partial charge in [0.1, 0.15) is 11.6 Å². The number of amides is 2. The number of phenolic OH excluding ortho intramolecular Hbond substituents is 1. The zero-order valence-electron chi connectivity index (χ0n) is 16.9. The lowest BCUT2D eigenvalue weighted by Gasteiger charge is -2.21. The van der Waals surface area contributed by atoms with Crippen molar-refractivity contribution in [2.75, 3.05) is 38.0 Å². The number of fused-ring (bicyclic) bond motifs is 1. The number of nitrogens with zero attached hydrogens (tertiary/aromatic N) is 2. The summed E-state index contributed by atoms with van der Waals surface area (Å²) in [5.41, 5.74) is 1.04. The second-order valence-electron chi connectivity index (χ2n) is 7.95. The number of likely N-dealkylation sites (tertiary alicyclic amines) is 2. The highest BCUT2D eigenvalue weighted by Crippen LogP contribution is 2.37. The Morgan fingerprint density at radius 1 is 1.13 bits per heavy atom. The molecule has 0 aromatic heterocycles. The highest BCUT2D eigenvalue weighted by atomic mass is 35.5. The number of anilines is 1. The fraction of sp³-hybridized carbons (Fsp3) is 0.304. The minimum absolute atomic E-state index is 0.0132. The summed E-state index contributed by atoms with van der Waals surface area (Å²) in [6.07, 6.45) is 1.32. The van der Waals surface area contributed by atoms with Crippen LogP contribution in [-0.2, 0) is 9.59 Å². The van der Waals surface area contributed by atoms with Crippen molar-refractivity contribution in [2.24, 2.45) is 11.8 Å². The van der Waals surface area contributed by atoms with E-state index in [1.54, 1.807) is 34.1 Å². The molecule has 2 aliphatic rings. The van der Waals surface area contributed by atoms with E-state index < -0.39 is 5.82 Å². The van der Waals surface area contributed by atoms with Gasteiger partial charge in [0.15, 0.2) is 0 Å². The molecule has 2 amide bonds. The number of rotatable bonds is 5. The van der Waals surface area contributed by atoms with E-state index in [1.165, 1.54) is 18.2 Å². The molecule has 162 valence electrons. The standard InChI is InChI=1S/C23H23ClFN3O3/c1-2-22(30)27-10-14-12-28(13-15(14)11-27)23(31)9-26-20-7-17(18(24)8-21(20)29)16-5-3-4-6-19(16)25/h2-8,14-15,26,29H,1,9-13H2. The number of hydrogen-bond acceptors (Lipinski definition) is 4. The van der Waals surface area contributed by atoms with E-state index in [9.17, 15) is 19.1 Å². The molecule has 8 heteroatoms. The van der Waals surface area contributed by atoms with Crippen LogP contribution < -0.4 is 5.32 Å². The maximum Gasteiger partial charge on any atom is 0.245 e. The molecule has 0 radical (unpaired) electrons. The van der Waals surface area contributed by atoms with Crippen molar-refractivity contribution in [3.63, 3.8) is 0 Å². The molecular formula is C23H23ClFN3O3. The van der Waals surface area contributed by atoms with E-state index in [0.29, 0.717) is 43.0 Å². The number of aromatic hydroxyl groups is 1. The Balaban J connectivity index is 1.41. The molecule has 2 aromatic rings. The van der Waals surface area contributed by atoms with Gasteiger partial charge in [-0.15, -0.1) is 0 Å². The summed E-state index contributed by atoms with van der Waals surface area (Å²) in [6.45, 7) is 5.98. The molecule has 4 rings (SSSR count). The molecule has 0 spiro atoms. The Kier molecular flexibility index (Phi) is 5.87. The minimum Gasteiger partial charge on any atom is -0.506 e. The van der Waals surface area contributed by atoms with Gasteiger partial charge in [-0.25, -0.2) is 4.39 Å². The number of hydrogen-bond donors (Lipinski definition) is 2. The SMILES string of the molecule is C=CC(=O)N1CC2CN(C(=O)CNc3cc(-c4ccccc4F)c(Cl)cc3O)CC2C1. The molecule has 2 saturated heterocycles. The Bertz CT molecular complexity index is 1030. The van der Waals surface area contributed by atoms with Crippen LogP contribution in [0.15, 0.2) is 49.1 Å². The van der Waals surface area contributed by atoms with E-state index in [2.05, 4.69) is 11.9 Å². The first-order chi connectivity index (χ1) is 14.9. The van der Waals surface area contributed by atoms with Gasteiger partial charge in [-0.1, -0.05) is 36.4 Å². The highest BCUT2D eigenvalue weighted by molar-refractivity contribution is 6.33. The number of phenols is 1. The van der Waals surface area contributed by atoms with Crippen LogP contribution in [0.25, 0.3) is 11.1 Å². The Labute approximate surface area is 184 Å². The lowest BCUT2D eigenvalue weighted by Crippen LogP contribution is -2.37. The summed E-state index contributed by atoms with van der Waals surface area (Å²) in [5.74, 6) is -0.177. The van der Waals surface area contributed by atoms with E-state index in [4.69, 9.17) is 11.6 Å². The van der Waals surface area contributed by atoms with Crippen LogP contribution in [0.3, 0.4) is 0 Å². The van der Waals surface area contributed by atoms with Gasteiger partial charge in [0.05, 0.1) is 17.3 Å². The van der Waals surface area contributed by atoms with Crippen molar-refractivity contribution >= 4 is 29.1 Å². The Morgan fingerprint density at radius 3 is 2.42 bits per heavy atom. The predicted octanol–water partition coefficient (Wildman–Crippen LogP) is 3.37. The molecule has 2 aromatic carbocycles. The van der Waals surface area contributed by atoms with Crippen molar-refractivity contribution in [3.8, 4) is 16.9 Å². The van der Waals surface area contributed by atoms with E-state index >= 15 is 0 Å². The first-order valence-corrected chi connectivity index (χ1v) is 10.5. The fourth-order valence-corrected chi connectivity index (χ4v) is 4.64. The predicted molar refractivity (Wildman–Crippen MR) is 117 cm³/mol. The van der Waals surface area contributed by atoms with E-state index in [-0.39, 0.29) is 41.0 Å². The summed E-state index contributed by atoms with van der Waals surface area (Å²) in [6, 6.07) is 9.10. The van der Waals surface area contributed by atoms with Gasteiger partial charge in [0, 0.05) is 55.2 Å². The second kappa shape index (κ2) is 8.59. The van der Waals surface area contributed by atoms with Crippen LogP contribution in [-0.4, -0.2) is 59.4 Å². The summed E-state index contributed by atoms with van der Waals surface area (Å²) in [4.78, 5) is 28.1. The zero-order chi connectivity index (χ0) is 22.1. The Morgan fingerprint density at radius 2 is 1.77 bits per heavy atom. The summed E-state index contributed by atoms with van der Waals surface area (Å²) < 4.78 is 14.2. The summed E-state index contributed by atoms with van der Waals surface area (Å²) in [5, 5.41) is 13.4. The zero-order valence-corrected chi connectivity index (χ0v) is 17.6. The third kappa shape index (κ3) is 4.23. The third-order valence-corrected chi connectivity index (χ3v) is 6.32. The van der Waals surface area contributed by atoms with E-state index in [0.717, 1.165) is 0 Å². The van der Waals surface area contributed by atoms with Crippen LogP contribution in [0.1, 0.15) is 0 Å². The average molecular weight is 444 g/mol. The van der Waals surface area contributed by atoms with Gasteiger partial charge >= 0.3 is 0 Å². The first kappa shape index (κ1) is 21.2. The van der Waals surface area contributed by atoms with Crippen molar-refractivity contribution in [1.29, 1.82) is 0 Å². The minimum atomic E-state index is -0.426. The van der Waals surface area contributed by atoms with Crippen molar-refractivity contribution < 1.29 is 19.1 Å². The van der Waals surface area contributed by atoms with E-state index in [1.807, 2.05) is 0 Å². The average Bonchev–Trinajstić information content (AvgIpc) is 3.32. The lowest BCUT2D eigenvalue weighted by molar-refractivity contribution is -0.128. The normalized spacial score (nSPS) is 19.9. The molecule has 2 aliphatic heterocycles. The van der Waals surface area contributed by atoms with Gasteiger partial charge in [-0.2, -0.15) is 0 Å². The first-order valence-electron chi connectivity index (χ1n) is 10.1. The summed E-state index contributed by atoms with van der Waals surface area (Å²) in [7, 11) is 0. The molecule has 2 fully saturated rings. The Hall–Kier alpha value is -3.06. The van der Waals surface area contributed by atoms with Gasteiger partial charge in [0.2, 0.25) is 11.8 Å². The molecule has 6 nitrogen and oxygen atoms in total. The van der Waals surface area contributed by atoms with Crippen LogP contribution in [0, 0.1) is 17.7 Å². The van der Waals surface area contributed by atoms with Gasteiger partial charge < -0.3 is 20.2 Å². The third-order valence-electron chi connectivity index (χ3n) is 6.00. The maximum atomic E-state index is 14.2. The number of carbonyl (C=O) groups excluding carboxylic acids is 2. The molecular weight excluding hydrogens is 421 g/mol. The maximum absolute atomic E-state index is 14.2. The van der Waals surface area contributed by atoms with Crippen molar-refractivity contribution in [2.45, 2.75) is 0 Å². The van der Waals surface area contributed by atoms with Crippen LogP contribution in [0.5, 0.6) is 5.75 Å². The molecule has 2 heterocycles. The molecule has 2 N–H and O–H groups in total. The van der Waals surface area contributed by atoms with Crippen LogP contribution >= 0.6 is 11.6 Å². The van der Waals surface area contributed by atoms with Crippen molar-refractivity contribution in [1.82, 2.24) is 9.80 Å². The topological polar surface area (TPSA) is 72.9 Å². The molecule has 2 atom stereocenters. The monoisotopic (exact) mass is 443 g/mol. The highest BCUT2D eigenvalue weighted by Gasteiger charge is 2.42. The van der Waals surface area contributed by atoms with Gasteiger partial charge in [-0.3, -0.25) is 9.59 Å². The van der Waals surface area contributed by atoms with Gasteiger partial charge in [-0.05, 0) is 18.2 Å². The number of halogens is 2. The molecule has 0 aliphatic carbocycles. The molecule has 2 unspecified atom stereocenters. The number of carbonyl (C=O) groups is 2. The molecule has 31 heavy (non-hydrogen) atoms. The molecule has 0 bridgehead atoms. The number of nitrogens with one attached hydrogen (secondary N) is 1. The second-order valence-corrected chi connectivity index (χ2v) is 8.36. The number of benzene rings is 2. The van der Waals surface area contributed by atoms with Crippen molar-refractivity contribution in [3.05, 3.63) is 59.9 Å². The lowest BCUT2D eigenvalue weighted by atomic mass is 10.0. The smallest absolute Gasteiger partial charge is 0.245 e.